The first-order valence-electron chi connectivity index (χ1n) is 11.7. The molecule has 0 aromatic heterocycles. The number of carbonyl (C=O) groups is 1. The van der Waals surface area contributed by atoms with Crippen LogP contribution in [0.25, 0.3) is 0 Å². The van der Waals surface area contributed by atoms with Gasteiger partial charge in [-0.2, -0.15) is 4.31 Å². The first-order valence-corrected chi connectivity index (χ1v) is 13.1. The number of carbonyl (C=O) groups excluding carboxylic acids is 1. The molecule has 2 aromatic rings. The van der Waals surface area contributed by atoms with E-state index in [1.54, 1.807) is 30.3 Å². The number of fused-ring (bicyclic) bond motifs is 1. The number of sulfonamides is 1. The van der Waals surface area contributed by atoms with Gasteiger partial charge in [0.25, 0.3) is 0 Å². The highest BCUT2D eigenvalue weighted by molar-refractivity contribution is 7.89. The van der Waals surface area contributed by atoms with E-state index >= 15 is 0 Å². The number of ether oxygens (including phenoxy) is 3. The Morgan fingerprint density at radius 1 is 1.00 bits per heavy atom. The molecule has 0 aliphatic carbocycles. The maximum absolute atomic E-state index is 13.1. The third-order valence-corrected chi connectivity index (χ3v) is 7.57. The van der Waals surface area contributed by atoms with Crippen molar-refractivity contribution in [1.29, 1.82) is 0 Å². The molecule has 1 saturated heterocycles. The molecule has 2 heterocycles. The molecular formula is C24H31N3O6S. The topological polar surface area (TPSA) is 106 Å². The van der Waals surface area contributed by atoms with Crippen molar-refractivity contribution in [2.24, 2.45) is 0 Å². The van der Waals surface area contributed by atoms with Gasteiger partial charge in [0.1, 0.15) is 5.75 Å². The van der Waals surface area contributed by atoms with Crippen molar-refractivity contribution in [2.75, 3.05) is 50.1 Å². The van der Waals surface area contributed by atoms with E-state index in [1.165, 1.54) is 10.4 Å². The highest BCUT2D eigenvalue weighted by Gasteiger charge is 2.27. The summed E-state index contributed by atoms with van der Waals surface area (Å²) in [7, 11) is -3.60. The average Bonchev–Trinajstić information content (AvgIpc) is 3.09. The molecule has 1 fully saturated rings. The number of benzene rings is 2. The first-order chi connectivity index (χ1) is 16.5. The van der Waals surface area contributed by atoms with Crippen LogP contribution in [0.5, 0.6) is 17.2 Å². The minimum Gasteiger partial charge on any atom is -0.492 e. The van der Waals surface area contributed by atoms with Gasteiger partial charge in [-0.3, -0.25) is 4.79 Å². The predicted molar refractivity (Wildman–Crippen MR) is 129 cm³/mol. The van der Waals surface area contributed by atoms with Crippen molar-refractivity contribution in [2.45, 2.75) is 37.5 Å². The van der Waals surface area contributed by atoms with Crippen LogP contribution < -0.4 is 24.8 Å². The van der Waals surface area contributed by atoms with E-state index in [1.807, 2.05) is 6.92 Å². The standard InChI is InChI=1S/C24H31N3O6S/c1-2-31-21-10-8-19(34(29,30)27-11-4-3-5-12-27)16-20(21)25-17-24(28)26-18-7-9-22-23(15-18)33-14-6-13-32-22/h7-10,15-16,25H,2-6,11-14,17H2,1H3,(H,26,28). The summed E-state index contributed by atoms with van der Waals surface area (Å²) in [6, 6.07) is 9.97. The van der Waals surface area contributed by atoms with Crippen LogP contribution in [0.15, 0.2) is 41.3 Å². The molecule has 184 valence electrons. The fourth-order valence-electron chi connectivity index (χ4n) is 3.97. The SMILES string of the molecule is CCOc1ccc(S(=O)(=O)N2CCCCC2)cc1NCC(=O)Nc1ccc2c(c1)OCCCO2. The zero-order valence-electron chi connectivity index (χ0n) is 19.3. The lowest BCUT2D eigenvalue weighted by atomic mass is 10.2. The number of nitrogens with one attached hydrogen (secondary N) is 2. The molecule has 2 aliphatic rings. The second-order valence-electron chi connectivity index (χ2n) is 8.17. The quantitative estimate of drug-likeness (QED) is 0.585. The summed E-state index contributed by atoms with van der Waals surface area (Å²) in [5.41, 5.74) is 1.04. The van der Waals surface area contributed by atoms with Crippen LogP contribution in [0.3, 0.4) is 0 Å². The van der Waals surface area contributed by atoms with E-state index in [9.17, 15) is 13.2 Å². The van der Waals surface area contributed by atoms with Crippen LogP contribution >= 0.6 is 0 Å². The molecule has 2 N–H and O–H groups in total. The largest absolute Gasteiger partial charge is 0.492 e. The molecule has 0 radical (unpaired) electrons. The number of nitrogens with zero attached hydrogens (tertiary/aromatic N) is 1. The summed E-state index contributed by atoms with van der Waals surface area (Å²) in [4.78, 5) is 12.8. The first kappa shape index (κ1) is 24.2. The van der Waals surface area contributed by atoms with Gasteiger partial charge in [0.2, 0.25) is 15.9 Å². The zero-order chi connectivity index (χ0) is 24.0. The van der Waals surface area contributed by atoms with Gasteiger partial charge in [0.15, 0.2) is 11.5 Å². The van der Waals surface area contributed by atoms with Crippen LogP contribution in [-0.2, 0) is 14.8 Å². The Labute approximate surface area is 200 Å². The summed E-state index contributed by atoms with van der Waals surface area (Å²) in [6.45, 7) is 4.39. The minimum atomic E-state index is -3.60. The molecule has 0 bridgehead atoms. The van der Waals surface area contributed by atoms with Crippen LogP contribution in [0, 0.1) is 0 Å². The van der Waals surface area contributed by atoms with Gasteiger partial charge >= 0.3 is 0 Å². The summed E-state index contributed by atoms with van der Waals surface area (Å²) >= 11 is 0. The smallest absolute Gasteiger partial charge is 0.243 e. The average molecular weight is 490 g/mol. The lowest BCUT2D eigenvalue weighted by Gasteiger charge is -2.26. The summed E-state index contributed by atoms with van der Waals surface area (Å²) < 4.78 is 44.6. The molecule has 34 heavy (non-hydrogen) atoms. The fraction of sp³-hybridized carbons (Fsp3) is 0.458. The van der Waals surface area contributed by atoms with E-state index < -0.39 is 10.0 Å². The number of hydrogen-bond donors (Lipinski definition) is 2. The van der Waals surface area contributed by atoms with Gasteiger partial charge in [-0.1, -0.05) is 6.42 Å². The second kappa shape index (κ2) is 11.0. The molecule has 10 heteroatoms. The van der Waals surface area contributed by atoms with Crippen molar-refractivity contribution >= 4 is 27.3 Å². The van der Waals surface area contributed by atoms with Gasteiger partial charge in [-0.15, -0.1) is 0 Å². The Morgan fingerprint density at radius 3 is 2.53 bits per heavy atom. The fourth-order valence-corrected chi connectivity index (χ4v) is 5.51. The Morgan fingerprint density at radius 2 is 1.76 bits per heavy atom. The lowest BCUT2D eigenvalue weighted by molar-refractivity contribution is -0.114. The molecule has 4 rings (SSSR count). The Kier molecular flexibility index (Phi) is 7.79. The van der Waals surface area contributed by atoms with Crippen LogP contribution in [-0.4, -0.2) is 58.1 Å². The van der Waals surface area contributed by atoms with E-state index in [0.717, 1.165) is 25.7 Å². The van der Waals surface area contributed by atoms with Gasteiger partial charge < -0.3 is 24.8 Å². The third-order valence-electron chi connectivity index (χ3n) is 5.67. The number of piperidine rings is 1. The predicted octanol–water partition coefficient (Wildman–Crippen LogP) is 3.47. The van der Waals surface area contributed by atoms with Crippen LogP contribution in [0.1, 0.15) is 32.6 Å². The van der Waals surface area contributed by atoms with Gasteiger partial charge in [-0.25, -0.2) is 8.42 Å². The van der Waals surface area contributed by atoms with E-state index in [4.69, 9.17) is 14.2 Å². The molecule has 0 atom stereocenters. The normalized spacial score (nSPS) is 16.4. The van der Waals surface area contributed by atoms with Gasteiger partial charge in [0.05, 0.1) is 36.9 Å². The maximum Gasteiger partial charge on any atom is 0.243 e. The van der Waals surface area contributed by atoms with Gasteiger partial charge in [0, 0.05) is 31.3 Å². The summed E-state index contributed by atoms with van der Waals surface area (Å²) in [5.74, 6) is 1.45. The van der Waals surface area contributed by atoms with Crippen molar-refractivity contribution in [3.8, 4) is 17.2 Å². The minimum absolute atomic E-state index is 0.0677. The Bertz CT molecular complexity index is 1120. The van der Waals surface area contributed by atoms with Crippen molar-refractivity contribution in [3.05, 3.63) is 36.4 Å². The van der Waals surface area contributed by atoms with Crippen molar-refractivity contribution in [3.63, 3.8) is 0 Å². The van der Waals surface area contributed by atoms with Crippen LogP contribution in [0.4, 0.5) is 11.4 Å². The highest BCUT2D eigenvalue weighted by atomic mass is 32.2. The number of hydrogen-bond acceptors (Lipinski definition) is 7. The maximum atomic E-state index is 13.1. The van der Waals surface area contributed by atoms with Gasteiger partial charge in [-0.05, 0) is 50.1 Å². The van der Waals surface area contributed by atoms with Crippen molar-refractivity contribution in [1.82, 2.24) is 4.31 Å². The molecule has 0 spiro atoms. The molecule has 0 saturated carbocycles. The van der Waals surface area contributed by atoms with E-state index in [2.05, 4.69) is 10.6 Å². The molecule has 9 nitrogen and oxygen atoms in total. The van der Waals surface area contributed by atoms with E-state index in [0.29, 0.717) is 61.5 Å². The summed E-state index contributed by atoms with van der Waals surface area (Å²) in [5, 5.41) is 5.86. The summed E-state index contributed by atoms with van der Waals surface area (Å²) in [6.07, 6.45) is 3.57. The molecule has 0 unspecified atom stereocenters. The highest BCUT2D eigenvalue weighted by Crippen LogP contribution is 2.33. The third kappa shape index (κ3) is 5.74. The monoisotopic (exact) mass is 489 g/mol. The number of anilines is 2. The second-order valence-corrected chi connectivity index (χ2v) is 10.1. The Balaban J connectivity index is 1.45. The number of rotatable bonds is 8. The van der Waals surface area contributed by atoms with Crippen molar-refractivity contribution < 1.29 is 27.4 Å². The molecule has 1 amide bonds. The van der Waals surface area contributed by atoms with E-state index in [-0.39, 0.29) is 17.3 Å². The molecule has 2 aliphatic heterocycles. The van der Waals surface area contributed by atoms with Crippen LogP contribution in [0.2, 0.25) is 0 Å². The number of amides is 1. The lowest BCUT2D eigenvalue weighted by Crippen LogP contribution is -2.35. The molecule has 2 aromatic carbocycles. The molecular weight excluding hydrogens is 458 g/mol. The zero-order valence-corrected chi connectivity index (χ0v) is 20.2. The Hall–Kier alpha value is -2.98.